The minimum absolute atomic E-state index is 0.124. The van der Waals surface area contributed by atoms with Crippen LogP contribution >= 0.6 is 11.6 Å². The van der Waals surface area contributed by atoms with Crippen molar-refractivity contribution in [3.63, 3.8) is 0 Å². The number of fused-ring (bicyclic) bond motifs is 1. The molecule has 1 aromatic heterocycles. The van der Waals surface area contributed by atoms with Crippen LogP contribution in [0.15, 0.2) is 22.7 Å². The Bertz CT molecular complexity index is 699. The molecule has 0 saturated carbocycles. The summed E-state index contributed by atoms with van der Waals surface area (Å²) in [6.45, 7) is 2.81. The third-order valence-electron chi connectivity index (χ3n) is 4.01. The van der Waals surface area contributed by atoms with Crippen LogP contribution in [0.25, 0.3) is 0 Å². The van der Waals surface area contributed by atoms with Crippen LogP contribution in [0.2, 0.25) is 5.02 Å². The number of nitrogens with zero attached hydrogens (tertiary/aromatic N) is 3. The van der Waals surface area contributed by atoms with Crippen molar-refractivity contribution < 1.29 is 9.32 Å². The van der Waals surface area contributed by atoms with E-state index < -0.39 is 0 Å². The van der Waals surface area contributed by atoms with Gasteiger partial charge in [-0.3, -0.25) is 4.79 Å². The molecule has 0 bridgehead atoms. The second-order valence-electron chi connectivity index (χ2n) is 5.78. The van der Waals surface area contributed by atoms with Gasteiger partial charge in [-0.05, 0) is 37.0 Å². The summed E-state index contributed by atoms with van der Waals surface area (Å²) in [7, 11) is 0. The van der Waals surface area contributed by atoms with Gasteiger partial charge in [-0.2, -0.15) is 4.98 Å². The first kappa shape index (κ1) is 16.0. The Hall–Kier alpha value is -1.88. The summed E-state index contributed by atoms with van der Waals surface area (Å²) in [5.41, 5.74) is 2.13. The molecule has 0 atom stereocenters. The van der Waals surface area contributed by atoms with E-state index in [9.17, 15) is 4.79 Å². The van der Waals surface area contributed by atoms with Crippen LogP contribution < -0.4 is 4.90 Å². The standard InChI is InChI=1S/C17H20ClN3O2/c1-2-4-15-19-16(23-20-15)5-3-6-17(22)21-10-9-12-7-8-13(18)11-14(12)21/h7-8,11H,2-6,9-10H2,1H3. The first-order valence-electron chi connectivity index (χ1n) is 8.07. The molecule has 1 amide bonds. The number of anilines is 1. The fraction of sp³-hybridized carbons (Fsp3) is 0.471. The zero-order valence-corrected chi connectivity index (χ0v) is 14.0. The lowest BCUT2D eigenvalue weighted by Gasteiger charge is -2.17. The molecule has 0 unspecified atom stereocenters. The topological polar surface area (TPSA) is 59.2 Å². The Kier molecular flexibility index (Phi) is 4.96. The first-order valence-corrected chi connectivity index (χ1v) is 8.45. The molecular weight excluding hydrogens is 314 g/mol. The van der Waals surface area contributed by atoms with Gasteiger partial charge in [0.15, 0.2) is 5.82 Å². The van der Waals surface area contributed by atoms with Gasteiger partial charge in [0.05, 0.1) is 0 Å². The Balaban J connectivity index is 1.53. The van der Waals surface area contributed by atoms with Gasteiger partial charge in [0, 0.05) is 36.5 Å². The molecule has 3 rings (SSSR count). The van der Waals surface area contributed by atoms with Crippen LogP contribution in [0.1, 0.15) is 43.5 Å². The molecule has 0 N–H and O–H groups in total. The second-order valence-corrected chi connectivity index (χ2v) is 6.21. The van der Waals surface area contributed by atoms with Crippen LogP contribution in [0.4, 0.5) is 5.69 Å². The van der Waals surface area contributed by atoms with Gasteiger partial charge < -0.3 is 9.42 Å². The highest BCUT2D eigenvalue weighted by molar-refractivity contribution is 6.31. The van der Waals surface area contributed by atoms with Crippen molar-refractivity contribution in [3.8, 4) is 0 Å². The molecule has 0 fully saturated rings. The normalized spacial score (nSPS) is 13.4. The third-order valence-corrected chi connectivity index (χ3v) is 4.24. The maximum absolute atomic E-state index is 12.4. The lowest BCUT2D eigenvalue weighted by molar-refractivity contribution is -0.118. The van der Waals surface area contributed by atoms with Crippen molar-refractivity contribution in [1.29, 1.82) is 0 Å². The fourth-order valence-electron chi connectivity index (χ4n) is 2.85. The number of halogens is 1. The summed E-state index contributed by atoms with van der Waals surface area (Å²) in [6.07, 6.45) is 4.53. The van der Waals surface area contributed by atoms with Gasteiger partial charge in [0.2, 0.25) is 11.8 Å². The van der Waals surface area contributed by atoms with Gasteiger partial charge in [-0.25, -0.2) is 0 Å². The number of carbonyl (C=O) groups is 1. The summed E-state index contributed by atoms with van der Waals surface area (Å²) in [4.78, 5) is 18.6. The molecule has 2 aromatic rings. The molecule has 1 aliphatic rings. The van der Waals surface area contributed by atoms with E-state index in [4.69, 9.17) is 16.1 Å². The molecule has 0 radical (unpaired) electrons. The number of amides is 1. The second kappa shape index (κ2) is 7.13. The van der Waals surface area contributed by atoms with Crippen LogP contribution in [0.3, 0.4) is 0 Å². The van der Waals surface area contributed by atoms with Crippen molar-refractivity contribution in [3.05, 3.63) is 40.5 Å². The lowest BCUT2D eigenvalue weighted by atomic mass is 10.1. The van der Waals surface area contributed by atoms with Crippen molar-refractivity contribution >= 4 is 23.2 Å². The zero-order valence-electron chi connectivity index (χ0n) is 13.2. The van der Waals surface area contributed by atoms with E-state index in [2.05, 4.69) is 17.1 Å². The van der Waals surface area contributed by atoms with Crippen molar-refractivity contribution in [2.45, 2.75) is 45.4 Å². The fourth-order valence-corrected chi connectivity index (χ4v) is 3.02. The molecule has 23 heavy (non-hydrogen) atoms. The number of carbonyl (C=O) groups excluding carboxylic acids is 1. The van der Waals surface area contributed by atoms with Crippen molar-refractivity contribution in [2.24, 2.45) is 0 Å². The van der Waals surface area contributed by atoms with E-state index in [0.29, 0.717) is 30.2 Å². The van der Waals surface area contributed by atoms with Crippen molar-refractivity contribution in [2.75, 3.05) is 11.4 Å². The number of hydrogen-bond acceptors (Lipinski definition) is 4. The SMILES string of the molecule is CCCc1noc(CCCC(=O)N2CCc3ccc(Cl)cc32)n1. The predicted octanol–water partition coefficient (Wildman–Crippen LogP) is 3.59. The Morgan fingerprint density at radius 1 is 1.39 bits per heavy atom. The maximum atomic E-state index is 12.4. The number of aryl methyl sites for hydroxylation is 2. The zero-order chi connectivity index (χ0) is 16.2. The molecule has 6 heteroatoms. The molecular formula is C17H20ClN3O2. The smallest absolute Gasteiger partial charge is 0.227 e. The molecule has 122 valence electrons. The Morgan fingerprint density at radius 3 is 3.09 bits per heavy atom. The summed E-state index contributed by atoms with van der Waals surface area (Å²) < 4.78 is 5.19. The third kappa shape index (κ3) is 3.72. The lowest BCUT2D eigenvalue weighted by Crippen LogP contribution is -2.28. The van der Waals surface area contributed by atoms with E-state index >= 15 is 0 Å². The Morgan fingerprint density at radius 2 is 2.26 bits per heavy atom. The summed E-state index contributed by atoms with van der Waals surface area (Å²) in [5.74, 6) is 1.49. The van der Waals surface area contributed by atoms with E-state index in [0.717, 1.165) is 37.3 Å². The summed E-state index contributed by atoms with van der Waals surface area (Å²) >= 11 is 6.04. The highest BCUT2D eigenvalue weighted by Gasteiger charge is 2.24. The number of rotatable bonds is 6. The average molecular weight is 334 g/mol. The molecule has 0 aliphatic carbocycles. The first-order chi connectivity index (χ1) is 11.2. The monoisotopic (exact) mass is 333 g/mol. The minimum Gasteiger partial charge on any atom is -0.339 e. The Labute approximate surface area is 140 Å². The van der Waals surface area contributed by atoms with Crippen molar-refractivity contribution in [1.82, 2.24) is 10.1 Å². The summed E-state index contributed by atoms with van der Waals surface area (Å²) in [6, 6.07) is 5.74. The van der Waals surface area contributed by atoms with E-state index in [1.54, 1.807) is 0 Å². The highest BCUT2D eigenvalue weighted by Crippen LogP contribution is 2.31. The average Bonchev–Trinajstić information content (AvgIpc) is 3.14. The largest absolute Gasteiger partial charge is 0.339 e. The van der Waals surface area contributed by atoms with E-state index in [-0.39, 0.29) is 5.91 Å². The van der Waals surface area contributed by atoms with Crippen LogP contribution in [-0.4, -0.2) is 22.6 Å². The number of hydrogen-bond donors (Lipinski definition) is 0. The van der Waals surface area contributed by atoms with Crippen LogP contribution in [0, 0.1) is 0 Å². The molecule has 2 heterocycles. The van der Waals surface area contributed by atoms with Gasteiger partial charge in [0.1, 0.15) is 0 Å². The van der Waals surface area contributed by atoms with Gasteiger partial charge in [-0.15, -0.1) is 0 Å². The maximum Gasteiger partial charge on any atom is 0.227 e. The van der Waals surface area contributed by atoms with Gasteiger partial charge in [0.25, 0.3) is 0 Å². The molecule has 1 aromatic carbocycles. The molecule has 0 saturated heterocycles. The molecule has 0 spiro atoms. The minimum atomic E-state index is 0.124. The van der Waals surface area contributed by atoms with E-state index in [1.807, 2.05) is 23.1 Å². The molecule has 1 aliphatic heterocycles. The van der Waals surface area contributed by atoms with Gasteiger partial charge >= 0.3 is 0 Å². The quantitative estimate of drug-likeness (QED) is 0.810. The number of aromatic nitrogens is 2. The van der Waals surface area contributed by atoms with Crippen LogP contribution in [0.5, 0.6) is 0 Å². The number of benzene rings is 1. The predicted molar refractivity (Wildman–Crippen MR) is 88.7 cm³/mol. The van der Waals surface area contributed by atoms with Gasteiger partial charge in [-0.1, -0.05) is 29.7 Å². The summed E-state index contributed by atoms with van der Waals surface area (Å²) in [5, 5.41) is 4.59. The van der Waals surface area contributed by atoms with E-state index in [1.165, 1.54) is 5.56 Å². The highest BCUT2D eigenvalue weighted by atomic mass is 35.5. The van der Waals surface area contributed by atoms with Crippen LogP contribution in [-0.2, 0) is 24.1 Å². The molecule has 5 nitrogen and oxygen atoms in total.